The molecule has 6 unspecified atom stereocenters. The lowest BCUT2D eigenvalue weighted by molar-refractivity contribution is -0.220. The predicted molar refractivity (Wildman–Crippen MR) is 272 cm³/mol. The number of esters is 2. The van der Waals surface area contributed by atoms with Crippen LogP contribution < -0.4 is 0 Å². The SMILES string of the molecule is CC/C=C\C/C=C\C/C=C\C/C=C\CCCCCCCCCCCCC(=O)OC(COC(=O)CCCCCCC/C=C\CCCCCCCCC)COP(=O)(O)OC1C(O)C(O)C(O)C(O)C1O. The molecule has 0 aromatic heterocycles. The van der Waals surface area contributed by atoms with Gasteiger partial charge in [-0.2, -0.15) is 0 Å². The fraction of sp³-hybridized carbons (Fsp3) is 0.778. The second kappa shape index (κ2) is 43.3. The van der Waals surface area contributed by atoms with Crippen LogP contribution in [0.25, 0.3) is 0 Å². The van der Waals surface area contributed by atoms with Crippen LogP contribution in [0.2, 0.25) is 0 Å². The van der Waals surface area contributed by atoms with Crippen molar-refractivity contribution in [1.82, 2.24) is 0 Å². The number of ether oxygens (including phenoxy) is 2. The number of aliphatic hydroxyl groups excluding tert-OH is 5. The molecule has 0 aliphatic heterocycles. The highest BCUT2D eigenvalue weighted by molar-refractivity contribution is 7.47. The fourth-order valence-corrected chi connectivity index (χ4v) is 8.83. The average Bonchev–Trinajstić information content (AvgIpc) is 3.32. The number of phosphoric ester groups is 1. The van der Waals surface area contributed by atoms with Crippen LogP contribution in [0, 0.1) is 0 Å². The quantitative estimate of drug-likeness (QED) is 0.0145. The minimum absolute atomic E-state index is 0.0879. The molecule has 14 heteroatoms. The summed E-state index contributed by atoms with van der Waals surface area (Å²) in [6.45, 7) is 3.20. The molecule has 394 valence electrons. The van der Waals surface area contributed by atoms with Gasteiger partial charge in [0.05, 0.1) is 6.61 Å². The molecule has 0 bridgehead atoms. The first kappa shape index (κ1) is 63.6. The molecule has 6 atom stereocenters. The molecule has 0 aromatic carbocycles. The molecular formula is C54H95O13P. The molecule has 0 amide bonds. The van der Waals surface area contributed by atoms with E-state index in [4.69, 9.17) is 18.5 Å². The summed E-state index contributed by atoms with van der Waals surface area (Å²) in [5.74, 6) is -1.11. The van der Waals surface area contributed by atoms with Gasteiger partial charge in [0.2, 0.25) is 0 Å². The molecule has 6 N–H and O–H groups in total. The number of rotatable bonds is 44. The lowest BCUT2D eigenvalue weighted by atomic mass is 9.85. The Hall–Kier alpha value is -2.45. The van der Waals surface area contributed by atoms with Gasteiger partial charge in [0.15, 0.2) is 6.10 Å². The Morgan fingerprint density at radius 2 is 0.838 bits per heavy atom. The Balaban J connectivity index is 2.38. The summed E-state index contributed by atoms with van der Waals surface area (Å²) in [5, 5.41) is 50.3. The molecule has 13 nitrogen and oxygen atoms in total. The van der Waals surface area contributed by atoms with E-state index >= 15 is 0 Å². The maximum absolute atomic E-state index is 12.9. The van der Waals surface area contributed by atoms with Crippen LogP contribution in [0.5, 0.6) is 0 Å². The molecule has 1 aliphatic rings. The third kappa shape index (κ3) is 34.8. The normalized spacial score (nSPS) is 21.5. The van der Waals surface area contributed by atoms with Crippen molar-refractivity contribution in [2.45, 2.75) is 256 Å². The summed E-state index contributed by atoms with van der Waals surface area (Å²) in [5.41, 5.74) is 0. The molecule has 0 spiro atoms. The number of hydrogen-bond donors (Lipinski definition) is 6. The Kier molecular flexibility index (Phi) is 40.5. The van der Waals surface area contributed by atoms with E-state index in [-0.39, 0.29) is 12.8 Å². The van der Waals surface area contributed by atoms with Gasteiger partial charge in [0.25, 0.3) is 0 Å². The topological polar surface area (TPSA) is 210 Å². The fourth-order valence-electron chi connectivity index (χ4n) is 7.86. The molecule has 1 aliphatic carbocycles. The molecule has 1 fully saturated rings. The number of unbranched alkanes of at least 4 members (excludes halogenated alkanes) is 22. The van der Waals surface area contributed by atoms with Crippen LogP contribution in [0.1, 0.15) is 213 Å². The van der Waals surface area contributed by atoms with Crippen LogP contribution in [0.3, 0.4) is 0 Å². The first-order chi connectivity index (χ1) is 32.9. The van der Waals surface area contributed by atoms with E-state index in [0.717, 1.165) is 96.3 Å². The highest BCUT2D eigenvalue weighted by Crippen LogP contribution is 2.47. The summed E-state index contributed by atoms with van der Waals surface area (Å²) >= 11 is 0. The number of aliphatic hydroxyl groups is 5. The lowest BCUT2D eigenvalue weighted by Crippen LogP contribution is -2.64. The molecule has 0 saturated heterocycles. The van der Waals surface area contributed by atoms with E-state index < -0.39 is 75.7 Å². The first-order valence-corrected chi connectivity index (χ1v) is 28.1. The third-order valence-corrected chi connectivity index (χ3v) is 13.1. The average molecular weight is 983 g/mol. The van der Waals surface area contributed by atoms with Crippen LogP contribution >= 0.6 is 7.82 Å². The second-order valence-corrected chi connectivity index (χ2v) is 19.8. The number of allylic oxidation sites excluding steroid dienone is 10. The van der Waals surface area contributed by atoms with Crippen LogP contribution in [-0.2, 0) is 32.7 Å². The summed E-state index contributed by atoms with van der Waals surface area (Å²) in [6.07, 6.45) is 41.2. The summed E-state index contributed by atoms with van der Waals surface area (Å²) in [6, 6.07) is 0. The minimum Gasteiger partial charge on any atom is -0.462 e. The Morgan fingerprint density at radius 1 is 0.471 bits per heavy atom. The Labute approximate surface area is 411 Å². The molecule has 68 heavy (non-hydrogen) atoms. The summed E-state index contributed by atoms with van der Waals surface area (Å²) in [4.78, 5) is 35.9. The molecule has 1 saturated carbocycles. The van der Waals surface area contributed by atoms with E-state index in [2.05, 4.69) is 74.6 Å². The van der Waals surface area contributed by atoms with Crippen LogP contribution in [0.15, 0.2) is 60.8 Å². The molecular weight excluding hydrogens is 888 g/mol. The maximum Gasteiger partial charge on any atom is 0.472 e. The molecule has 0 radical (unpaired) electrons. The zero-order valence-corrected chi connectivity index (χ0v) is 43.0. The highest BCUT2D eigenvalue weighted by atomic mass is 31.2. The van der Waals surface area contributed by atoms with Crippen molar-refractivity contribution in [1.29, 1.82) is 0 Å². The van der Waals surface area contributed by atoms with Crippen molar-refractivity contribution in [3.05, 3.63) is 60.8 Å². The maximum atomic E-state index is 12.9. The van der Waals surface area contributed by atoms with E-state index in [1.54, 1.807) is 0 Å². The summed E-state index contributed by atoms with van der Waals surface area (Å²) < 4.78 is 33.7. The van der Waals surface area contributed by atoms with Crippen molar-refractivity contribution in [3.63, 3.8) is 0 Å². The minimum atomic E-state index is -5.13. The van der Waals surface area contributed by atoms with Gasteiger partial charge >= 0.3 is 19.8 Å². The largest absolute Gasteiger partial charge is 0.472 e. The highest BCUT2D eigenvalue weighted by Gasteiger charge is 2.51. The van der Waals surface area contributed by atoms with E-state index in [1.807, 2.05) is 0 Å². The van der Waals surface area contributed by atoms with Gasteiger partial charge < -0.3 is 39.9 Å². The number of carbonyl (C=O) groups is 2. The number of hydrogen-bond acceptors (Lipinski definition) is 12. The van der Waals surface area contributed by atoms with Crippen LogP contribution in [-0.4, -0.2) is 98.3 Å². The standard InChI is InChI=1S/C54H95O13P/c1-3-5-7-9-11-13-15-17-19-21-22-23-24-25-26-27-29-31-33-35-37-39-41-43-48(56)66-46(45-65-68(62,63)67-54-52(60)50(58)49(57)51(59)53(54)61)44-64-47(55)42-40-38-36-34-32-30-28-20-18-16-14-12-10-8-6-4-2/h5,7,11,13,17,19-20,22-23,28,46,49-54,57-61H,3-4,6,8-10,12,14-16,18,21,24-27,29-45H2,1-2H3,(H,62,63)/b7-5-,13-11-,19-17-,23-22-,28-20-. The lowest BCUT2D eigenvalue weighted by Gasteiger charge is -2.41. The molecule has 0 heterocycles. The van der Waals surface area contributed by atoms with Crippen LogP contribution in [0.4, 0.5) is 0 Å². The monoisotopic (exact) mass is 983 g/mol. The van der Waals surface area contributed by atoms with Gasteiger partial charge in [-0.3, -0.25) is 18.6 Å². The van der Waals surface area contributed by atoms with Crippen molar-refractivity contribution in [2.75, 3.05) is 13.2 Å². The predicted octanol–water partition coefficient (Wildman–Crippen LogP) is 11.7. The van der Waals surface area contributed by atoms with Crippen molar-refractivity contribution >= 4 is 19.8 Å². The van der Waals surface area contributed by atoms with E-state index in [1.165, 1.54) is 77.0 Å². The van der Waals surface area contributed by atoms with Gasteiger partial charge in [-0.25, -0.2) is 4.57 Å². The van der Waals surface area contributed by atoms with Gasteiger partial charge in [-0.15, -0.1) is 0 Å². The Morgan fingerprint density at radius 3 is 1.29 bits per heavy atom. The number of phosphoric acid groups is 1. The first-order valence-electron chi connectivity index (χ1n) is 26.6. The zero-order chi connectivity index (χ0) is 49.9. The third-order valence-electron chi connectivity index (χ3n) is 12.1. The van der Waals surface area contributed by atoms with Gasteiger partial charge in [0, 0.05) is 12.8 Å². The molecule has 1 rings (SSSR count). The van der Waals surface area contributed by atoms with E-state index in [0.29, 0.717) is 12.8 Å². The van der Waals surface area contributed by atoms with Gasteiger partial charge in [-0.05, 0) is 77.0 Å². The van der Waals surface area contributed by atoms with Gasteiger partial charge in [0.1, 0.15) is 43.2 Å². The Bertz CT molecular complexity index is 1420. The zero-order valence-electron chi connectivity index (χ0n) is 42.1. The second-order valence-electron chi connectivity index (χ2n) is 18.3. The summed E-state index contributed by atoms with van der Waals surface area (Å²) in [7, 11) is -5.13. The van der Waals surface area contributed by atoms with Gasteiger partial charge in [-0.1, -0.05) is 184 Å². The smallest absolute Gasteiger partial charge is 0.462 e. The van der Waals surface area contributed by atoms with Crippen molar-refractivity contribution in [3.8, 4) is 0 Å². The molecule has 0 aromatic rings. The van der Waals surface area contributed by atoms with Crippen molar-refractivity contribution < 1.29 is 63.1 Å². The number of carbonyl (C=O) groups excluding carboxylic acids is 2. The van der Waals surface area contributed by atoms with E-state index in [9.17, 15) is 44.6 Å². The van der Waals surface area contributed by atoms with Crippen molar-refractivity contribution in [2.24, 2.45) is 0 Å².